The highest BCUT2D eigenvalue weighted by atomic mass is 35.5. The van der Waals surface area contributed by atoms with Crippen LogP contribution in [-0.2, 0) is 13.1 Å². The molecule has 94 valence electrons. The van der Waals surface area contributed by atoms with Crippen LogP contribution in [-0.4, -0.2) is 21.4 Å². The Balaban J connectivity index is 1.99. The molecule has 0 amide bonds. The Bertz CT molecular complexity index is 470. The van der Waals surface area contributed by atoms with Crippen LogP contribution in [0, 0.1) is 0 Å². The first-order valence-corrected chi connectivity index (χ1v) is 6.38. The SMILES string of the molecule is CCN(Cc1ccc(Cl)nc1)Cc1ccccn1. The largest absolute Gasteiger partial charge is 0.293 e. The highest BCUT2D eigenvalue weighted by molar-refractivity contribution is 6.29. The van der Waals surface area contributed by atoms with Gasteiger partial charge in [-0.25, -0.2) is 4.98 Å². The summed E-state index contributed by atoms with van der Waals surface area (Å²) in [5.74, 6) is 0. The van der Waals surface area contributed by atoms with Crippen molar-refractivity contribution < 1.29 is 0 Å². The normalized spacial score (nSPS) is 10.8. The fourth-order valence-electron chi connectivity index (χ4n) is 1.76. The van der Waals surface area contributed by atoms with Gasteiger partial charge in [-0.2, -0.15) is 0 Å². The molecule has 0 fully saturated rings. The number of aromatic nitrogens is 2. The molecule has 0 saturated carbocycles. The van der Waals surface area contributed by atoms with Crippen LogP contribution in [0.1, 0.15) is 18.2 Å². The van der Waals surface area contributed by atoms with Crippen LogP contribution in [0.15, 0.2) is 42.7 Å². The van der Waals surface area contributed by atoms with E-state index in [0.29, 0.717) is 5.15 Å². The first kappa shape index (κ1) is 13.0. The number of hydrogen-bond acceptors (Lipinski definition) is 3. The second-order valence-electron chi connectivity index (χ2n) is 4.11. The molecule has 0 aliphatic rings. The van der Waals surface area contributed by atoms with E-state index in [1.54, 1.807) is 0 Å². The van der Waals surface area contributed by atoms with Crippen LogP contribution in [0.5, 0.6) is 0 Å². The fraction of sp³-hybridized carbons (Fsp3) is 0.286. The van der Waals surface area contributed by atoms with Crippen LogP contribution in [0.25, 0.3) is 0 Å². The lowest BCUT2D eigenvalue weighted by Gasteiger charge is -2.19. The minimum absolute atomic E-state index is 0.534. The van der Waals surface area contributed by atoms with Crippen molar-refractivity contribution >= 4 is 11.6 Å². The Morgan fingerprint density at radius 3 is 2.61 bits per heavy atom. The second-order valence-corrected chi connectivity index (χ2v) is 4.50. The average Bonchev–Trinajstić information content (AvgIpc) is 2.41. The maximum atomic E-state index is 5.78. The number of halogens is 1. The number of rotatable bonds is 5. The Hall–Kier alpha value is -1.45. The lowest BCUT2D eigenvalue weighted by molar-refractivity contribution is 0.268. The molecule has 0 aliphatic carbocycles. The van der Waals surface area contributed by atoms with Crippen molar-refractivity contribution in [3.8, 4) is 0 Å². The maximum Gasteiger partial charge on any atom is 0.129 e. The van der Waals surface area contributed by atoms with Gasteiger partial charge in [-0.3, -0.25) is 9.88 Å². The Kier molecular flexibility index (Phi) is 4.67. The van der Waals surface area contributed by atoms with E-state index in [-0.39, 0.29) is 0 Å². The summed E-state index contributed by atoms with van der Waals surface area (Å²) in [4.78, 5) is 10.8. The van der Waals surface area contributed by atoms with E-state index in [0.717, 1.165) is 30.9 Å². The molecule has 0 bridgehead atoms. The molecule has 3 nitrogen and oxygen atoms in total. The minimum Gasteiger partial charge on any atom is -0.293 e. The molecule has 0 N–H and O–H groups in total. The zero-order valence-corrected chi connectivity index (χ0v) is 11.1. The van der Waals surface area contributed by atoms with Gasteiger partial charge in [0.2, 0.25) is 0 Å². The topological polar surface area (TPSA) is 29.0 Å². The maximum absolute atomic E-state index is 5.78. The average molecular weight is 262 g/mol. The van der Waals surface area contributed by atoms with Crippen LogP contribution in [0.4, 0.5) is 0 Å². The molecular formula is C14H16ClN3. The van der Waals surface area contributed by atoms with E-state index in [2.05, 4.69) is 21.8 Å². The van der Waals surface area contributed by atoms with Gasteiger partial charge in [0, 0.05) is 25.5 Å². The predicted molar refractivity (Wildman–Crippen MR) is 73.3 cm³/mol. The minimum atomic E-state index is 0.534. The van der Waals surface area contributed by atoms with Gasteiger partial charge in [-0.15, -0.1) is 0 Å². The van der Waals surface area contributed by atoms with Gasteiger partial charge in [0.25, 0.3) is 0 Å². The van der Waals surface area contributed by atoms with Crippen LogP contribution in [0.2, 0.25) is 5.15 Å². The summed E-state index contributed by atoms with van der Waals surface area (Å²) in [6.07, 6.45) is 3.65. The molecule has 0 atom stereocenters. The van der Waals surface area contributed by atoms with Crippen LogP contribution < -0.4 is 0 Å². The monoisotopic (exact) mass is 261 g/mol. The van der Waals surface area contributed by atoms with E-state index in [1.165, 1.54) is 0 Å². The van der Waals surface area contributed by atoms with Crippen molar-refractivity contribution in [2.24, 2.45) is 0 Å². The van der Waals surface area contributed by atoms with E-state index in [1.807, 2.05) is 42.7 Å². The Morgan fingerprint density at radius 2 is 2.00 bits per heavy atom. The molecule has 0 radical (unpaired) electrons. The quantitative estimate of drug-likeness (QED) is 0.775. The molecule has 0 spiro atoms. The molecule has 2 aromatic rings. The summed E-state index contributed by atoms with van der Waals surface area (Å²) in [6.45, 7) is 4.82. The van der Waals surface area contributed by atoms with Gasteiger partial charge in [0.05, 0.1) is 5.69 Å². The molecule has 0 saturated heterocycles. The van der Waals surface area contributed by atoms with Gasteiger partial charge in [0.1, 0.15) is 5.15 Å². The number of nitrogens with zero attached hydrogens (tertiary/aromatic N) is 3. The van der Waals surface area contributed by atoms with E-state index >= 15 is 0 Å². The molecule has 18 heavy (non-hydrogen) atoms. The summed E-state index contributed by atoms with van der Waals surface area (Å²) in [5, 5.41) is 0.534. The zero-order valence-electron chi connectivity index (χ0n) is 10.4. The van der Waals surface area contributed by atoms with Gasteiger partial charge in [-0.05, 0) is 30.3 Å². The molecule has 2 heterocycles. The van der Waals surface area contributed by atoms with Crippen molar-refractivity contribution in [3.05, 3.63) is 59.1 Å². The standard InChI is InChI=1S/C14H16ClN3/c1-2-18(11-13-5-3-4-8-16-13)10-12-6-7-14(15)17-9-12/h3-9H,2,10-11H2,1H3. The van der Waals surface area contributed by atoms with Gasteiger partial charge in [-0.1, -0.05) is 30.7 Å². The third-order valence-electron chi connectivity index (χ3n) is 2.75. The molecule has 0 aromatic carbocycles. The smallest absolute Gasteiger partial charge is 0.129 e. The first-order valence-electron chi connectivity index (χ1n) is 6.00. The van der Waals surface area contributed by atoms with Crippen molar-refractivity contribution in [3.63, 3.8) is 0 Å². The van der Waals surface area contributed by atoms with Gasteiger partial charge in [0.15, 0.2) is 0 Å². The third kappa shape index (κ3) is 3.79. The Morgan fingerprint density at radius 1 is 1.11 bits per heavy atom. The number of hydrogen-bond donors (Lipinski definition) is 0. The van der Waals surface area contributed by atoms with Crippen LogP contribution in [0.3, 0.4) is 0 Å². The van der Waals surface area contributed by atoms with Crippen molar-refractivity contribution in [1.82, 2.24) is 14.9 Å². The molecule has 0 unspecified atom stereocenters. The molecule has 0 aliphatic heterocycles. The van der Waals surface area contributed by atoms with E-state index in [9.17, 15) is 0 Å². The van der Waals surface area contributed by atoms with E-state index in [4.69, 9.17) is 11.6 Å². The summed E-state index contributed by atoms with van der Waals surface area (Å²) in [6, 6.07) is 9.83. The summed E-state index contributed by atoms with van der Waals surface area (Å²) in [7, 11) is 0. The lowest BCUT2D eigenvalue weighted by Crippen LogP contribution is -2.22. The lowest BCUT2D eigenvalue weighted by atomic mass is 10.2. The second kappa shape index (κ2) is 6.47. The fourth-order valence-corrected chi connectivity index (χ4v) is 1.87. The molecule has 4 heteroatoms. The van der Waals surface area contributed by atoms with Crippen molar-refractivity contribution in [1.29, 1.82) is 0 Å². The van der Waals surface area contributed by atoms with Crippen LogP contribution >= 0.6 is 11.6 Å². The van der Waals surface area contributed by atoms with Crippen molar-refractivity contribution in [2.45, 2.75) is 20.0 Å². The third-order valence-corrected chi connectivity index (χ3v) is 2.98. The van der Waals surface area contributed by atoms with Gasteiger partial charge < -0.3 is 0 Å². The molecule has 2 rings (SSSR count). The zero-order chi connectivity index (χ0) is 12.8. The van der Waals surface area contributed by atoms with Crippen molar-refractivity contribution in [2.75, 3.05) is 6.54 Å². The Labute approximate surface area is 112 Å². The summed E-state index contributed by atoms with van der Waals surface area (Å²) in [5.41, 5.74) is 2.25. The first-order chi connectivity index (χ1) is 8.78. The molecular weight excluding hydrogens is 246 g/mol. The predicted octanol–water partition coefficient (Wildman–Crippen LogP) is 3.15. The van der Waals surface area contributed by atoms with E-state index < -0.39 is 0 Å². The highest BCUT2D eigenvalue weighted by Crippen LogP contribution is 2.10. The number of pyridine rings is 2. The highest BCUT2D eigenvalue weighted by Gasteiger charge is 2.05. The molecule has 2 aromatic heterocycles. The summed E-state index contributed by atoms with van der Waals surface area (Å²) < 4.78 is 0. The summed E-state index contributed by atoms with van der Waals surface area (Å²) >= 11 is 5.78. The van der Waals surface area contributed by atoms with Gasteiger partial charge >= 0.3 is 0 Å².